The predicted molar refractivity (Wildman–Crippen MR) is 29.9 cm³/mol. The lowest BCUT2D eigenvalue weighted by molar-refractivity contribution is -0.0302. The molecule has 2 nitrogen and oxygen atoms in total. The number of hydrazine groups is 1. The zero-order chi connectivity index (χ0) is 5.28. The average molecular weight is 100 g/mol. The largest absolute Gasteiger partial charge is 0.248 e. The van der Waals surface area contributed by atoms with Gasteiger partial charge in [0, 0.05) is 27.2 Å². The molecular weight excluding hydrogens is 88.1 g/mol. The van der Waals surface area contributed by atoms with Crippen molar-refractivity contribution in [2.24, 2.45) is 0 Å². The Labute approximate surface area is 44.7 Å². The van der Waals surface area contributed by atoms with Crippen molar-refractivity contribution in [2.45, 2.75) is 6.42 Å². The normalized spacial score (nSPS) is 22.7. The van der Waals surface area contributed by atoms with Crippen LogP contribution in [0.3, 0.4) is 0 Å². The number of rotatable bonds is 1. The zero-order valence-electron chi connectivity index (χ0n) is 5.02. The summed E-state index contributed by atoms with van der Waals surface area (Å²) >= 11 is 0. The van der Waals surface area contributed by atoms with Crippen LogP contribution in [0.2, 0.25) is 0 Å². The van der Waals surface area contributed by atoms with Crippen molar-refractivity contribution in [1.82, 2.24) is 10.0 Å². The summed E-state index contributed by atoms with van der Waals surface area (Å²) < 4.78 is 0. The molecule has 0 atom stereocenters. The third kappa shape index (κ3) is 0.924. The first kappa shape index (κ1) is 5.06. The molecule has 0 radical (unpaired) electrons. The lowest BCUT2D eigenvalue weighted by Gasteiger charge is -2.36. The lowest BCUT2D eigenvalue weighted by atomic mass is 10.3. The van der Waals surface area contributed by atoms with Gasteiger partial charge in [-0.2, -0.15) is 0 Å². The summed E-state index contributed by atoms with van der Waals surface area (Å²) in [7, 11) is 4.16. The topological polar surface area (TPSA) is 6.48 Å². The quantitative estimate of drug-likeness (QED) is 0.463. The van der Waals surface area contributed by atoms with Gasteiger partial charge in [-0.05, 0) is 6.42 Å². The van der Waals surface area contributed by atoms with E-state index in [1.54, 1.807) is 0 Å². The van der Waals surface area contributed by atoms with Crippen LogP contribution in [0, 0.1) is 0 Å². The first-order valence-electron chi connectivity index (χ1n) is 2.73. The minimum absolute atomic E-state index is 1.26. The van der Waals surface area contributed by atoms with Crippen LogP contribution in [0.1, 0.15) is 6.42 Å². The van der Waals surface area contributed by atoms with Crippen molar-refractivity contribution >= 4 is 0 Å². The fourth-order valence-electron chi connectivity index (χ4n) is 0.700. The van der Waals surface area contributed by atoms with Gasteiger partial charge in [0.1, 0.15) is 0 Å². The van der Waals surface area contributed by atoms with E-state index in [9.17, 15) is 0 Å². The Morgan fingerprint density at radius 3 is 1.86 bits per heavy atom. The second-order valence-electron chi connectivity index (χ2n) is 2.15. The van der Waals surface area contributed by atoms with Crippen molar-refractivity contribution in [3.05, 3.63) is 0 Å². The second-order valence-corrected chi connectivity index (χ2v) is 2.15. The average Bonchev–Trinajstić information content (AvgIpc) is 1.23. The van der Waals surface area contributed by atoms with Crippen molar-refractivity contribution < 1.29 is 0 Å². The second kappa shape index (κ2) is 1.80. The molecule has 1 fully saturated rings. The zero-order valence-corrected chi connectivity index (χ0v) is 5.02. The fraction of sp³-hybridized carbons (Fsp3) is 1.00. The Kier molecular flexibility index (Phi) is 1.30. The lowest BCUT2D eigenvalue weighted by Crippen LogP contribution is -2.46. The van der Waals surface area contributed by atoms with Gasteiger partial charge in [-0.1, -0.05) is 0 Å². The van der Waals surface area contributed by atoms with Crippen LogP contribution in [-0.2, 0) is 0 Å². The summed E-state index contributed by atoms with van der Waals surface area (Å²) in [5.74, 6) is 0. The highest BCUT2D eigenvalue weighted by atomic mass is 15.6. The molecule has 0 bridgehead atoms. The van der Waals surface area contributed by atoms with Gasteiger partial charge in [-0.3, -0.25) is 0 Å². The van der Waals surface area contributed by atoms with E-state index >= 15 is 0 Å². The summed E-state index contributed by atoms with van der Waals surface area (Å²) in [4.78, 5) is 0. The highest BCUT2D eigenvalue weighted by Crippen LogP contribution is 2.04. The molecular formula is C5H12N2. The van der Waals surface area contributed by atoms with Crippen LogP contribution < -0.4 is 0 Å². The first-order chi connectivity index (χ1) is 3.30. The van der Waals surface area contributed by atoms with E-state index in [-0.39, 0.29) is 0 Å². The fourth-order valence-corrected chi connectivity index (χ4v) is 0.700. The standard InChI is InChI=1S/C5H12N2/c1-6(2)7-4-3-5-7/h3-5H2,1-2H3. The monoisotopic (exact) mass is 100 g/mol. The summed E-state index contributed by atoms with van der Waals surface area (Å²) in [5.41, 5.74) is 0. The number of hydrogen-bond donors (Lipinski definition) is 0. The number of hydrogen-bond acceptors (Lipinski definition) is 2. The molecule has 1 aliphatic rings. The Morgan fingerprint density at radius 1 is 1.29 bits per heavy atom. The van der Waals surface area contributed by atoms with Gasteiger partial charge >= 0.3 is 0 Å². The molecule has 1 aliphatic heterocycles. The van der Waals surface area contributed by atoms with Crippen LogP contribution in [0.15, 0.2) is 0 Å². The smallest absolute Gasteiger partial charge is 0.0145 e. The van der Waals surface area contributed by atoms with Crippen LogP contribution in [0.5, 0.6) is 0 Å². The Morgan fingerprint density at radius 2 is 1.86 bits per heavy atom. The molecule has 0 aromatic heterocycles. The van der Waals surface area contributed by atoms with Gasteiger partial charge in [0.25, 0.3) is 0 Å². The van der Waals surface area contributed by atoms with Crippen LogP contribution in [0.25, 0.3) is 0 Å². The molecule has 42 valence electrons. The van der Waals surface area contributed by atoms with Gasteiger partial charge < -0.3 is 0 Å². The molecule has 0 aliphatic carbocycles. The Hall–Kier alpha value is -0.0800. The van der Waals surface area contributed by atoms with Crippen molar-refractivity contribution in [3.63, 3.8) is 0 Å². The van der Waals surface area contributed by atoms with E-state index in [4.69, 9.17) is 0 Å². The first-order valence-corrected chi connectivity index (χ1v) is 2.73. The van der Waals surface area contributed by atoms with E-state index in [1.165, 1.54) is 19.5 Å². The SMILES string of the molecule is CN(C)N1CCC1. The molecule has 0 unspecified atom stereocenters. The third-order valence-corrected chi connectivity index (χ3v) is 1.40. The van der Waals surface area contributed by atoms with E-state index in [2.05, 4.69) is 24.1 Å². The molecule has 1 saturated heterocycles. The summed E-state index contributed by atoms with van der Waals surface area (Å²) in [6, 6.07) is 0. The van der Waals surface area contributed by atoms with E-state index < -0.39 is 0 Å². The van der Waals surface area contributed by atoms with Crippen molar-refractivity contribution in [1.29, 1.82) is 0 Å². The predicted octanol–water partition coefficient (Wildman–Crippen LogP) is 0.169. The molecule has 2 heteroatoms. The van der Waals surface area contributed by atoms with Gasteiger partial charge in [-0.25, -0.2) is 10.0 Å². The number of nitrogens with zero attached hydrogens (tertiary/aromatic N) is 2. The van der Waals surface area contributed by atoms with E-state index in [1.807, 2.05) is 0 Å². The van der Waals surface area contributed by atoms with Gasteiger partial charge in [0.15, 0.2) is 0 Å². The highest BCUT2D eigenvalue weighted by Gasteiger charge is 2.14. The third-order valence-electron chi connectivity index (χ3n) is 1.40. The van der Waals surface area contributed by atoms with Gasteiger partial charge in [-0.15, -0.1) is 0 Å². The maximum absolute atomic E-state index is 2.31. The summed E-state index contributed by atoms with van der Waals surface area (Å²) in [5, 5.41) is 4.45. The molecule has 7 heavy (non-hydrogen) atoms. The molecule has 1 heterocycles. The molecule has 0 aromatic carbocycles. The van der Waals surface area contributed by atoms with Crippen molar-refractivity contribution in [3.8, 4) is 0 Å². The van der Waals surface area contributed by atoms with Crippen LogP contribution in [-0.4, -0.2) is 37.2 Å². The minimum atomic E-state index is 1.26. The molecule has 0 aromatic rings. The Balaban J connectivity index is 2.14. The molecule has 0 saturated carbocycles. The van der Waals surface area contributed by atoms with E-state index in [0.29, 0.717) is 0 Å². The molecule has 0 N–H and O–H groups in total. The minimum Gasteiger partial charge on any atom is -0.248 e. The van der Waals surface area contributed by atoms with Crippen LogP contribution >= 0.6 is 0 Å². The Bertz CT molecular complexity index is 57.1. The molecule has 0 amide bonds. The summed E-state index contributed by atoms with van der Waals surface area (Å²) in [6.07, 6.45) is 1.37. The van der Waals surface area contributed by atoms with Crippen molar-refractivity contribution in [2.75, 3.05) is 27.2 Å². The highest BCUT2D eigenvalue weighted by molar-refractivity contribution is 4.62. The summed E-state index contributed by atoms with van der Waals surface area (Å²) in [6.45, 7) is 2.51. The van der Waals surface area contributed by atoms with E-state index in [0.717, 1.165) is 0 Å². The van der Waals surface area contributed by atoms with Gasteiger partial charge in [0.05, 0.1) is 0 Å². The molecule has 1 rings (SSSR count). The maximum Gasteiger partial charge on any atom is 0.0145 e. The maximum atomic E-state index is 2.31. The van der Waals surface area contributed by atoms with Crippen LogP contribution in [0.4, 0.5) is 0 Å². The van der Waals surface area contributed by atoms with Gasteiger partial charge in [0.2, 0.25) is 0 Å². The molecule has 0 spiro atoms.